The van der Waals surface area contributed by atoms with Crippen LogP contribution in [0.2, 0.25) is 0 Å². The van der Waals surface area contributed by atoms with E-state index in [1.807, 2.05) is 0 Å². The summed E-state index contributed by atoms with van der Waals surface area (Å²) in [5.41, 5.74) is 1.20. The van der Waals surface area contributed by atoms with E-state index in [4.69, 9.17) is 0 Å². The third-order valence-electron chi connectivity index (χ3n) is 4.04. The largest absolute Gasteiger partial charge is 0.354 e. The van der Waals surface area contributed by atoms with E-state index in [-0.39, 0.29) is 48.6 Å². The van der Waals surface area contributed by atoms with E-state index < -0.39 is 9.85 Å². The maximum atomic E-state index is 12.1. The number of nitro groups is 2. The van der Waals surface area contributed by atoms with Gasteiger partial charge in [-0.3, -0.25) is 29.8 Å². The molecule has 1 unspecified atom stereocenters. The van der Waals surface area contributed by atoms with E-state index >= 15 is 0 Å². The summed E-state index contributed by atoms with van der Waals surface area (Å²) in [5.74, 6) is -0.536. The van der Waals surface area contributed by atoms with Crippen LogP contribution in [-0.2, 0) is 22.4 Å². The molecule has 0 aromatic heterocycles. The van der Waals surface area contributed by atoms with Crippen molar-refractivity contribution in [3.63, 3.8) is 0 Å². The van der Waals surface area contributed by atoms with Gasteiger partial charge in [0.25, 0.3) is 11.4 Å². The summed E-state index contributed by atoms with van der Waals surface area (Å²) in [7, 11) is 0. The van der Waals surface area contributed by atoms with Crippen molar-refractivity contribution in [2.24, 2.45) is 0 Å². The molecule has 0 aliphatic carbocycles. The highest BCUT2D eigenvalue weighted by Gasteiger charge is 2.12. The average Bonchev–Trinajstić information content (AvgIpc) is 2.67. The molecule has 2 aromatic rings. The molecule has 0 heterocycles. The molecule has 0 aliphatic rings. The zero-order chi connectivity index (χ0) is 21.4. The van der Waals surface area contributed by atoms with Crippen molar-refractivity contribution in [2.45, 2.75) is 25.8 Å². The monoisotopic (exact) mass is 400 g/mol. The van der Waals surface area contributed by atoms with E-state index in [2.05, 4.69) is 10.6 Å². The number of carbonyl (C=O) groups excluding carboxylic acids is 2. The molecule has 152 valence electrons. The van der Waals surface area contributed by atoms with E-state index in [9.17, 15) is 29.8 Å². The van der Waals surface area contributed by atoms with Gasteiger partial charge in [0.05, 0.1) is 22.7 Å². The Morgan fingerprint density at radius 2 is 1.24 bits per heavy atom. The van der Waals surface area contributed by atoms with Crippen LogP contribution in [-0.4, -0.2) is 34.2 Å². The summed E-state index contributed by atoms with van der Waals surface area (Å²) in [6, 6.07) is 11.1. The number of benzene rings is 2. The van der Waals surface area contributed by atoms with Crippen molar-refractivity contribution in [3.8, 4) is 0 Å². The maximum Gasteiger partial charge on any atom is 0.269 e. The Bertz CT molecular complexity index is 896. The molecule has 0 bridgehead atoms. The van der Waals surface area contributed by atoms with Gasteiger partial charge in [-0.2, -0.15) is 0 Å². The van der Waals surface area contributed by atoms with Crippen LogP contribution < -0.4 is 10.6 Å². The zero-order valence-electron chi connectivity index (χ0n) is 15.7. The lowest BCUT2D eigenvalue weighted by molar-refractivity contribution is -0.385. The van der Waals surface area contributed by atoms with Gasteiger partial charge >= 0.3 is 0 Å². The molecule has 2 aromatic carbocycles. The summed E-state index contributed by atoms with van der Waals surface area (Å²) in [6.45, 7) is 1.96. The number of nitrogens with zero attached hydrogens (tertiary/aromatic N) is 2. The Hall–Kier alpha value is -3.82. The lowest BCUT2D eigenvalue weighted by atomic mass is 10.1. The van der Waals surface area contributed by atoms with Crippen LogP contribution in [0.25, 0.3) is 0 Å². The van der Waals surface area contributed by atoms with Crippen LogP contribution in [0.15, 0.2) is 48.5 Å². The van der Waals surface area contributed by atoms with Gasteiger partial charge in [0.15, 0.2) is 0 Å². The lowest BCUT2D eigenvalue weighted by Crippen LogP contribution is -2.42. The standard InChI is InChI=1S/C19H20N4O6/c1-13(21-19(25)11-15-4-8-17(9-5-15)23(28)29)12-20-18(24)10-14-2-6-16(7-3-14)22(26)27/h2-9,13H,10-12H2,1H3,(H,20,24)(H,21,25). The number of nitro benzene ring substituents is 2. The van der Waals surface area contributed by atoms with Gasteiger partial charge in [-0.1, -0.05) is 24.3 Å². The number of non-ortho nitro benzene ring substituents is 2. The quantitative estimate of drug-likeness (QED) is 0.486. The third-order valence-corrected chi connectivity index (χ3v) is 4.04. The minimum absolute atomic E-state index is 0.0430. The molecule has 0 saturated carbocycles. The van der Waals surface area contributed by atoms with Crippen molar-refractivity contribution >= 4 is 23.2 Å². The van der Waals surface area contributed by atoms with Gasteiger partial charge < -0.3 is 10.6 Å². The molecule has 2 N–H and O–H groups in total. The Balaban J connectivity index is 1.74. The molecule has 2 rings (SSSR count). The topological polar surface area (TPSA) is 144 Å². The summed E-state index contributed by atoms with van der Waals surface area (Å²) >= 11 is 0. The zero-order valence-corrected chi connectivity index (χ0v) is 15.7. The second kappa shape index (κ2) is 9.93. The van der Waals surface area contributed by atoms with Gasteiger partial charge in [-0.25, -0.2) is 0 Å². The van der Waals surface area contributed by atoms with Crippen molar-refractivity contribution < 1.29 is 19.4 Å². The second-order valence-electron chi connectivity index (χ2n) is 6.47. The summed E-state index contributed by atoms with van der Waals surface area (Å²) in [4.78, 5) is 44.3. The number of carbonyl (C=O) groups is 2. The predicted octanol–water partition coefficient (Wildman–Crippen LogP) is 1.91. The first-order valence-electron chi connectivity index (χ1n) is 8.77. The number of nitrogens with one attached hydrogen (secondary N) is 2. The second-order valence-corrected chi connectivity index (χ2v) is 6.47. The number of hydrogen-bond donors (Lipinski definition) is 2. The molecule has 0 spiro atoms. The van der Waals surface area contributed by atoms with Gasteiger partial charge in [0, 0.05) is 36.9 Å². The minimum atomic E-state index is -0.509. The Labute approximate surface area is 166 Å². The first kappa shape index (κ1) is 21.5. The van der Waals surface area contributed by atoms with Gasteiger partial charge in [-0.05, 0) is 18.1 Å². The van der Waals surface area contributed by atoms with Crippen molar-refractivity contribution in [1.82, 2.24) is 10.6 Å². The summed E-state index contributed by atoms with van der Waals surface area (Å²) in [5, 5.41) is 26.7. The van der Waals surface area contributed by atoms with E-state index in [1.54, 1.807) is 6.92 Å². The van der Waals surface area contributed by atoms with Crippen molar-refractivity contribution in [1.29, 1.82) is 0 Å². The van der Waals surface area contributed by atoms with Gasteiger partial charge in [-0.15, -0.1) is 0 Å². The van der Waals surface area contributed by atoms with Crippen LogP contribution in [0, 0.1) is 20.2 Å². The average molecular weight is 400 g/mol. The smallest absolute Gasteiger partial charge is 0.269 e. The van der Waals surface area contributed by atoms with Gasteiger partial charge in [0.1, 0.15) is 0 Å². The molecule has 0 fully saturated rings. The van der Waals surface area contributed by atoms with Crippen molar-refractivity contribution in [3.05, 3.63) is 79.9 Å². The van der Waals surface area contributed by atoms with Crippen LogP contribution in [0.4, 0.5) is 11.4 Å². The fourth-order valence-corrected chi connectivity index (χ4v) is 2.55. The van der Waals surface area contributed by atoms with Crippen LogP contribution >= 0.6 is 0 Å². The summed E-state index contributed by atoms with van der Waals surface area (Å²) < 4.78 is 0. The number of amides is 2. The molecule has 2 amide bonds. The highest BCUT2D eigenvalue weighted by molar-refractivity contribution is 5.80. The Morgan fingerprint density at radius 1 is 0.828 bits per heavy atom. The van der Waals surface area contributed by atoms with Crippen LogP contribution in [0.5, 0.6) is 0 Å². The van der Waals surface area contributed by atoms with Crippen LogP contribution in [0.1, 0.15) is 18.1 Å². The summed E-state index contributed by atoms with van der Waals surface area (Å²) in [6.07, 6.45) is 0.139. The Kier molecular flexibility index (Phi) is 7.35. The van der Waals surface area contributed by atoms with Crippen molar-refractivity contribution in [2.75, 3.05) is 6.54 Å². The predicted molar refractivity (Wildman–Crippen MR) is 104 cm³/mol. The fraction of sp³-hybridized carbons (Fsp3) is 0.263. The minimum Gasteiger partial charge on any atom is -0.354 e. The number of rotatable bonds is 9. The molecule has 1 atom stereocenters. The van der Waals surface area contributed by atoms with E-state index in [0.29, 0.717) is 11.1 Å². The van der Waals surface area contributed by atoms with E-state index in [0.717, 1.165) is 0 Å². The molecule has 10 nitrogen and oxygen atoms in total. The fourth-order valence-electron chi connectivity index (χ4n) is 2.55. The SMILES string of the molecule is CC(CNC(=O)Cc1ccc([N+](=O)[O-])cc1)NC(=O)Cc1ccc([N+](=O)[O-])cc1. The molecule has 0 aliphatic heterocycles. The third kappa shape index (κ3) is 7.01. The molecule has 10 heteroatoms. The molecular weight excluding hydrogens is 380 g/mol. The lowest BCUT2D eigenvalue weighted by Gasteiger charge is -2.15. The molecule has 0 radical (unpaired) electrons. The molecule has 29 heavy (non-hydrogen) atoms. The van der Waals surface area contributed by atoms with Crippen LogP contribution in [0.3, 0.4) is 0 Å². The highest BCUT2D eigenvalue weighted by atomic mass is 16.6. The number of hydrogen-bond acceptors (Lipinski definition) is 6. The molecular formula is C19H20N4O6. The van der Waals surface area contributed by atoms with E-state index in [1.165, 1.54) is 48.5 Å². The highest BCUT2D eigenvalue weighted by Crippen LogP contribution is 2.13. The van der Waals surface area contributed by atoms with Gasteiger partial charge in [0.2, 0.25) is 11.8 Å². The Morgan fingerprint density at radius 3 is 1.66 bits per heavy atom. The maximum absolute atomic E-state index is 12.1. The first-order valence-corrected chi connectivity index (χ1v) is 8.77. The normalized spacial score (nSPS) is 11.3. The first-order chi connectivity index (χ1) is 13.7. The molecule has 0 saturated heterocycles.